The van der Waals surface area contributed by atoms with Crippen molar-refractivity contribution in [1.82, 2.24) is 4.98 Å². The lowest BCUT2D eigenvalue weighted by atomic mass is 10.0. The molecule has 0 N–H and O–H groups in total. The molecule has 92 valence electrons. The first-order chi connectivity index (χ1) is 8.79. The highest BCUT2D eigenvalue weighted by molar-refractivity contribution is 5.97. The van der Waals surface area contributed by atoms with Crippen LogP contribution in [0.15, 0.2) is 48.8 Å². The fraction of sp³-hybridized carbons (Fsp3) is 0.200. The molecule has 1 heterocycles. The molecule has 1 aromatic carbocycles. The predicted octanol–water partition coefficient (Wildman–Crippen LogP) is 2.91. The van der Waals surface area contributed by atoms with Crippen LogP contribution in [-0.4, -0.2) is 17.4 Å². The monoisotopic (exact) mass is 241 g/mol. The maximum absolute atomic E-state index is 12.1. The van der Waals surface area contributed by atoms with Crippen LogP contribution in [0.3, 0.4) is 0 Å². The highest BCUT2D eigenvalue weighted by atomic mass is 16.5. The number of nitrogens with zero attached hydrogens (tertiary/aromatic N) is 1. The van der Waals surface area contributed by atoms with Crippen LogP contribution in [-0.2, 0) is 6.42 Å². The summed E-state index contributed by atoms with van der Waals surface area (Å²) in [6, 6.07) is 11.4. The minimum atomic E-state index is 0.0512. The van der Waals surface area contributed by atoms with Crippen molar-refractivity contribution < 1.29 is 9.53 Å². The minimum Gasteiger partial charge on any atom is -0.492 e. The lowest BCUT2D eigenvalue weighted by Crippen LogP contribution is -2.04. The van der Waals surface area contributed by atoms with E-state index in [0.29, 0.717) is 24.3 Å². The number of pyridine rings is 1. The van der Waals surface area contributed by atoms with E-state index in [2.05, 4.69) is 4.98 Å². The Hall–Kier alpha value is -2.16. The Morgan fingerprint density at radius 1 is 1.22 bits per heavy atom. The highest BCUT2D eigenvalue weighted by Crippen LogP contribution is 2.13. The quantitative estimate of drug-likeness (QED) is 0.755. The molecule has 1 aromatic heterocycles. The molecule has 18 heavy (non-hydrogen) atoms. The molecule has 0 aliphatic carbocycles. The summed E-state index contributed by atoms with van der Waals surface area (Å²) in [5, 5.41) is 0. The molecule has 0 aliphatic heterocycles. The SMILES string of the molecule is CCOc1cncc(C(=O)Cc2ccccc2)c1. The summed E-state index contributed by atoms with van der Waals surface area (Å²) in [7, 11) is 0. The zero-order chi connectivity index (χ0) is 12.8. The van der Waals surface area contributed by atoms with Gasteiger partial charge in [-0.15, -0.1) is 0 Å². The molecule has 3 nitrogen and oxygen atoms in total. The van der Waals surface area contributed by atoms with Gasteiger partial charge in [0.25, 0.3) is 0 Å². The van der Waals surface area contributed by atoms with Gasteiger partial charge >= 0.3 is 0 Å². The Bertz CT molecular complexity index is 523. The molecule has 3 heteroatoms. The van der Waals surface area contributed by atoms with Crippen molar-refractivity contribution in [2.75, 3.05) is 6.61 Å². The molecule has 0 saturated heterocycles. The van der Waals surface area contributed by atoms with E-state index in [-0.39, 0.29) is 5.78 Å². The molecule has 0 unspecified atom stereocenters. The van der Waals surface area contributed by atoms with Crippen LogP contribution in [0, 0.1) is 0 Å². The van der Waals surface area contributed by atoms with Crippen molar-refractivity contribution in [3.63, 3.8) is 0 Å². The molecule has 2 rings (SSSR count). The van der Waals surface area contributed by atoms with Gasteiger partial charge < -0.3 is 4.74 Å². The summed E-state index contributed by atoms with van der Waals surface area (Å²) in [6.07, 6.45) is 3.58. The number of aromatic nitrogens is 1. The lowest BCUT2D eigenvalue weighted by Gasteiger charge is -2.05. The van der Waals surface area contributed by atoms with Crippen LogP contribution in [0.1, 0.15) is 22.8 Å². The van der Waals surface area contributed by atoms with Crippen LogP contribution in [0.4, 0.5) is 0 Å². The smallest absolute Gasteiger partial charge is 0.168 e. The van der Waals surface area contributed by atoms with Crippen LogP contribution in [0.25, 0.3) is 0 Å². The fourth-order valence-electron chi connectivity index (χ4n) is 1.70. The summed E-state index contributed by atoms with van der Waals surface area (Å²) in [5.41, 5.74) is 1.59. The van der Waals surface area contributed by atoms with E-state index in [1.54, 1.807) is 18.5 Å². The van der Waals surface area contributed by atoms with Crippen molar-refractivity contribution in [2.24, 2.45) is 0 Å². The van der Waals surface area contributed by atoms with Gasteiger partial charge in [0.05, 0.1) is 12.8 Å². The maximum atomic E-state index is 12.1. The maximum Gasteiger partial charge on any atom is 0.168 e. The molecule has 0 aliphatic rings. The van der Waals surface area contributed by atoms with E-state index in [0.717, 1.165) is 5.56 Å². The zero-order valence-electron chi connectivity index (χ0n) is 10.3. The van der Waals surface area contributed by atoms with Gasteiger partial charge in [-0.1, -0.05) is 30.3 Å². The molecule has 0 spiro atoms. The normalized spacial score (nSPS) is 10.1. The molecule has 2 aromatic rings. The average molecular weight is 241 g/mol. The van der Waals surface area contributed by atoms with Gasteiger partial charge in [-0.3, -0.25) is 9.78 Å². The van der Waals surface area contributed by atoms with E-state index in [4.69, 9.17) is 4.74 Å². The number of carbonyl (C=O) groups is 1. The van der Waals surface area contributed by atoms with Crippen molar-refractivity contribution in [1.29, 1.82) is 0 Å². The third-order valence-electron chi connectivity index (χ3n) is 2.55. The Labute approximate surface area is 106 Å². The molecule has 0 atom stereocenters. The standard InChI is InChI=1S/C15H15NO2/c1-2-18-14-9-13(10-16-11-14)15(17)8-12-6-4-3-5-7-12/h3-7,9-11H,2,8H2,1H3. The number of carbonyl (C=O) groups excluding carboxylic acids is 1. The molecule has 0 saturated carbocycles. The second-order valence-corrected chi connectivity index (χ2v) is 3.93. The Kier molecular flexibility index (Phi) is 4.07. The zero-order valence-corrected chi connectivity index (χ0v) is 10.3. The molecule has 0 bridgehead atoms. The fourth-order valence-corrected chi connectivity index (χ4v) is 1.70. The second-order valence-electron chi connectivity index (χ2n) is 3.93. The molecular weight excluding hydrogens is 226 g/mol. The number of ketones is 1. The van der Waals surface area contributed by atoms with Crippen molar-refractivity contribution in [3.05, 3.63) is 59.9 Å². The number of rotatable bonds is 5. The Balaban J connectivity index is 2.11. The first-order valence-electron chi connectivity index (χ1n) is 5.94. The third kappa shape index (κ3) is 3.17. The Morgan fingerprint density at radius 2 is 2.00 bits per heavy atom. The van der Waals surface area contributed by atoms with Crippen LogP contribution in [0.5, 0.6) is 5.75 Å². The molecule has 0 radical (unpaired) electrons. The minimum absolute atomic E-state index is 0.0512. The average Bonchev–Trinajstić information content (AvgIpc) is 2.40. The second kappa shape index (κ2) is 5.96. The van der Waals surface area contributed by atoms with E-state index in [1.165, 1.54) is 0 Å². The topological polar surface area (TPSA) is 39.2 Å². The van der Waals surface area contributed by atoms with Gasteiger partial charge in [-0.2, -0.15) is 0 Å². The molecule has 0 amide bonds. The van der Waals surface area contributed by atoms with E-state index in [1.807, 2.05) is 37.3 Å². The summed E-state index contributed by atoms with van der Waals surface area (Å²) < 4.78 is 5.33. The predicted molar refractivity (Wildman–Crippen MR) is 69.9 cm³/mol. The van der Waals surface area contributed by atoms with E-state index < -0.39 is 0 Å². The first-order valence-corrected chi connectivity index (χ1v) is 5.94. The summed E-state index contributed by atoms with van der Waals surface area (Å²) in [5.74, 6) is 0.687. The van der Waals surface area contributed by atoms with Crippen LogP contribution < -0.4 is 4.74 Å². The van der Waals surface area contributed by atoms with Crippen molar-refractivity contribution >= 4 is 5.78 Å². The van der Waals surface area contributed by atoms with Gasteiger partial charge in [-0.25, -0.2) is 0 Å². The number of benzene rings is 1. The molecular formula is C15H15NO2. The summed E-state index contributed by atoms with van der Waals surface area (Å²) in [6.45, 7) is 2.47. The largest absolute Gasteiger partial charge is 0.492 e. The molecule has 0 fully saturated rings. The van der Waals surface area contributed by atoms with E-state index >= 15 is 0 Å². The first kappa shape index (κ1) is 12.3. The van der Waals surface area contributed by atoms with Crippen LogP contribution in [0.2, 0.25) is 0 Å². The number of hydrogen-bond donors (Lipinski definition) is 0. The highest BCUT2D eigenvalue weighted by Gasteiger charge is 2.08. The Morgan fingerprint density at radius 3 is 2.72 bits per heavy atom. The third-order valence-corrected chi connectivity index (χ3v) is 2.55. The van der Waals surface area contributed by atoms with Gasteiger partial charge in [0.15, 0.2) is 5.78 Å². The van der Waals surface area contributed by atoms with Crippen molar-refractivity contribution in [2.45, 2.75) is 13.3 Å². The van der Waals surface area contributed by atoms with Crippen LogP contribution >= 0.6 is 0 Å². The van der Waals surface area contributed by atoms with Gasteiger partial charge in [0, 0.05) is 18.2 Å². The number of Topliss-reactive ketones (excluding diaryl/α,β-unsaturated/α-hetero) is 1. The van der Waals surface area contributed by atoms with Gasteiger partial charge in [0.2, 0.25) is 0 Å². The van der Waals surface area contributed by atoms with Gasteiger partial charge in [0.1, 0.15) is 5.75 Å². The van der Waals surface area contributed by atoms with Crippen molar-refractivity contribution in [3.8, 4) is 5.75 Å². The van der Waals surface area contributed by atoms with Gasteiger partial charge in [-0.05, 0) is 18.6 Å². The number of hydrogen-bond acceptors (Lipinski definition) is 3. The number of ether oxygens (including phenoxy) is 1. The lowest BCUT2D eigenvalue weighted by molar-refractivity contribution is 0.0992. The summed E-state index contributed by atoms with van der Waals surface area (Å²) in [4.78, 5) is 16.1. The van der Waals surface area contributed by atoms with E-state index in [9.17, 15) is 4.79 Å². The summed E-state index contributed by atoms with van der Waals surface area (Å²) >= 11 is 0.